The van der Waals surface area contributed by atoms with E-state index < -0.39 is 0 Å². The molecule has 0 amide bonds. The molecule has 2 unspecified atom stereocenters. The highest BCUT2D eigenvalue weighted by molar-refractivity contribution is 5.85. The molecular formula is C17H26N6O. The highest BCUT2D eigenvalue weighted by Crippen LogP contribution is 2.32. The molecule has 7 nitrogen and oxygen atoms in total. The Morgan fingerprint density at radius 1 is 1.21 bits per heavy atom. The summed E-state index contributed by atoms with van der Waals surface area (Å²) >= 11 is 0. The number of aliphatic hydroxyl groups excluding tert-OH is 1. The van der Waals surface area contributed by atoms with Crippen LogP contribution < -0.4 is 10.6 Å². The predicted octanol–water partition coefficient (Wildman–Crippen LogP) is 2.14. The number of hydrogen-bond donors (Lipinski definition) is 2. The number of rotatable bonds is 3. The van der Waals surface area contributed by atoms with Crippen LogP contribution in [0, 0.1) is 5.92 Å². The summed E-state index contributed by atoms with van der Waals surface area (Å²) in [6, 6.07) is 0.169. The molecule has 1 aliphatic carbocycles. The molecule has 0 saturated carbocycles. The van der Waals surface area contributed by atoms with Crippen LogP contribution in [0.2, 0.25) is 0 Å². The van der Waals surface area contributed by atoms with Gasteiger partial charge in [-0.3, -0.25) is 0 Å². The van der Waals surface area contributed by atoms with Crippen molar-refractivity contribution < 1.29 is 5.11 Å². The van der Waals surface area contributed by atoms with Gasteiger partial charge in [0.1, 0.15) is 0 Å². The second-order valence-electron chi connectivity index (χ2n) is 6.05. The van der Waals surface area contributed by atoms with Crippen LogP contribution in [-0.4, -0.2) is 44.3 Å². The van der Waals surface area contributed by atoms with Crippen LogP contribution >= 0.6 is 0 Å². The standard InChI is InChI=1S/C15H20N6O.C2H6/c16-15-18-13(20-5-1-2-6-20)12-14(19-15)21(9-17-12)11-4-3-10(7-11)8-22;1-2/h3-4,9-11,22H,1-2,5-8H2,(H2,16,18,19);1-2H3. The maximum Gasteiger partial charge on any atom is 0.224 e. The molecule has 1 fully saturated rings. The molecule has 3 heterocycles. The van der Waals surface area contributed by atoms with E-state index in [1.165, 1.54) is 12.8 Å². The summed E-state index contributed by atoms with van der Waals surface area (Å²) in [5, 5.41) is 9.30. The van der Waals surface area contributed by atoms with E-state index in [4.69, 9.17) is 5.73 Å². The van der Waals surface area contributed by atoms with Gasteiger partial charge < -0.3 is 20.3 Å². The zero-order valence-corrected chi connectivity index (χ0v) is 14.4. The Hall–Kier alpha value is -2.15. The Bertz CT molecular complexity index is 719. The van der Waals surface area contributed by atoms with Crippen LogP contribution in [-0.2, 0) is 0 Å². The summed E-state index contributed by atoms with van der Waals surface area (Å²) < 4.78 is 2.04. The molecule has 4 rings (SSSR count). The van der Waals surface area contributed by atoms with Gasteiger partial charge in [-0.2, -0.15) is 9.97 Å². The van der Waals surface area contributed by atoms with Crippen molar-refractivity contribution in [3.63, 3.8) is 0 Å². The molecule has 0 bridgehead atoms. The summed E-state index contributed by atoms with van der Waals surface area (Å²) in [5.41, 5.74) is 7.52. The van der Waals surface area contributed by atoms with Crippen LogP contribution in [0.5, 0.6) is 0 Å². The van der Waals surface area contributed by atoms with Crippen molar-refractivity contribution in [1.82, 2.24) is 19.5 Å². The van der Waals surface area contributed by atoms with Crippen molar-refractivity contribution in [2.24, 2.45) is 5.92 Å². The normalized spacial score (nSPS) is 22.9. The topological polar surface area (TPSA) is 93.1 Å². The van der Waals surface area contributed by atoms with Crippen LogP contribution in [0.3, 0.4) is 0 Å². The minimum atomic E-state index is 0.169. The quantitative estimate of drug-likeness (QED) is 0.838. The molecule has 2 aliphatic rings. The second kappa shape index (κ2) is 7.17. The molecule has 24 heavy (non-hydrogen) atoms. The molecule has 2 aromatic rings. The van der Waals surface area contributed by atoms with Crippen LogP contribution in [0.15, 0.2) is 18.5 Å². The fraction of sp³-hybridized carbons (Fsp3) is 0.588. The van der Waals surface area contributed by atoms with Crippen molar-refractivity contribution in [2.75, 3.05) is 30.3 Å². The Labute approximate surface area is 142 Å². The summed E-state index contributed by atoms with van der Waals surface area (Å²) in [4.78, 5) is 15.6. The van der Waals surface area contributed by atoms with Gasteiger partial charge in [0.25, 0.3) is 0 Å². The molecule has 2 atom stereocenters. The Morgan fingerprint density at radius 2 is 1.96 bits per heavy atom. The fourth-order valence-corrected chi connectivity index (χ4v) is 3.40. The first-order valence-corrected chi connectivity index (χ1v) is 8.80. The van der Waals surface area contributed by atoms with E-state index in [9.17, 15) is 5.11 Å². The van der Waals surface area contributed by atoms with Crippen molar-refractivity contribution >= 4 is 22.9 Å². The number of fused-ring (bicyclic) bond motifs is 1. The Balaban J connectivity index is 0.000000815. The number of nitrogens with two attached hydrogens (primary N) is 1. The van der Waals surface area contributed by atoms with E-state index in [0.717, 1.165) is 36.5 Å². The van der Waals surface area contributed by atoms with E-state index in [-0.39, 0.29) is 24.5 Å². The average molecular weight is 330 g/mol. The molecule has 2 aromatic heterocycles. The number of hydrogen-bond acceptors (Lipinski definition) is 6. The smallest absolute Gasteiger partial charge is 0.224 e. The summed E-state index contributed by atoms with van der Waals surface area (Å²) in [6.07, 6.45) is 9.20. The van der Waals surface area contributed by atoms with Crippen molar-refractivity contribution in [2.45, 2.75) is 39.2 Å². The lowest BCUT2D eigenvalue weighted by Gasteiger charge is -2.17. The number of nitrogen functional groups attached to an aromatic ring is 1. The summed E-state index contributed by atoms with van der Waals surface area (Å²) in [7, 11) is 0. The average Bonchev–Trinajstić information content (AvgIpc) is 3.35. The minimum Gasteiger partial charge on any atom is -0.396 e. The molecule has 0 spiro atoms. The molecule has 130 valence electrons. The minimum absolute atomic E-state index is 0.169. The molecule has 1 aliphatic heterocycles. The van der Waals surface area contributed by atoms with Crippen LogP contribution in [0.25, 0.3) is 11.2 Å². The molecule has 7 heteroatoms. The van der Waals surface area contributed by atoms with Gasteiger partial charge in [-0.25, -0.2) is 4.98 Å². The maximum absolute atomic E-state index is 9.30. The molecule has 3 N–H and O–H groups in total. The largest absolute Gasteiger partial charge is 0.396 e. The van der Waals surface area contributed by atoms with Crippen molar-refractivity contribution in [3.8, 4) is 0 Å². The Morgan fingerprint density at radius 3 is 2.62 bits per heavy atom. The van der Waals surface area contributed by atoms with E-state index in [0.29, 0.717) is 0 Å². The van der Waals surface area contributed by atoms with E-state index in [2.05, 4.69) is 32.0 Å². The van der Waals surface area contributed by atoms with Crippen LogP contribution in [0.1, 0.15) is 39.2 Å². The predicted molar refractivity (Wildman–Crippen MR) is 95.9 cm³/mol. The third-order valence-electron chi connectivity index (χ3n) is 4.57. The van der Waals surface area contributed by atoms with Gasteiger partial charge >= 0.3 is 0 Å². The molecular weight excluding hydrogens is 304 g/mol. The van der Waals surface area contributed by atoms with Gasteiger partial charge in [0.05, 0.1) is 12.4 Å². The zero-order chi connectivity index (χ0) is 17.1. The van der Waals surface area contributed by atoms with E-state index in [1.54, 1.807) is 0 Å². The first-order valence-electron chi connectivity index (χ1n) is 8.80. The van der Waals surface area contributed by atoms with Gasteiger partial charge in [-0.15, -0.1) is 0 Å². The van der Waals surface area contributed by atoms with Gasteiger partial charge in [-0.05, 0) is 19.3 Å². The fourth-order valence-electron chi connectivity index (χ4n) is 3.40. The molecule has 1 saturated heterocycles. The van der Waals surface area contributed by atoms with Gasteiger partial charge in [0.15, 0.2) is 17.0 Å². The number of allylic oxidation sites excluding steroid dienone is 1. The summed E-state index contributed by atoms with van der Waals surface area (Å²) in [6.45, 7) is 6.17. The van der Waals surface area contributed by atoms with Gasteiger partial charge in [-0.1, -0.05) is 26.0 Å². The third-order valence-corrected chi connectivity index (χ3v) is 4.57. The van der Waals surface area contributed by atoms with Crippen molar-refractivity contribution in [3.05, 3.63) is 18.5 Å². The number of aliphatic hydroxyl groups is 1. The number of anilines is 2. The third kappa shape index (κ3) is 2.96. The van der Waals surface area contributed by atoms with Gasteiger partial charge in [0, 0.05) is 25.6 Å². The van der Waals surface area contributed by atoms with E-state index >= 15 is 0 Å². The highest BCUT2D eigenvalue weighted by atomic mass is 16.3. The molecule has 0 aromatic carbocycles. The summed E-state index contributed by atoms with van der Waals surface area (Å²) in [5.74, 6) is 1.34. The first kappa shape index (κ1) is 16.7. The Kier molecular flexibility index (Phi) is 4.99. The number of imidazole rings is 1. The molecule has 0 radical (unpaired) electrons. The van der Waals surface area contributed by atoms with Crippen LogP contribution in [0.4, 0.5) is 11.8 Å². The monoisotopic (exact) mass is 330 g/mol. The van der Waals surface area contributed by atoms with E-state index in [1.807, 2.05) is 24.7 Å². The number of aromatic nitrogens is 4. The first-order chi connectivity index (χ1) is 11.8. The lowest BCUT2D eigenvalue weighted by molar-refractivity contribution is 0.244. The SMILES string of the molecule is CC.Nc1nc(N2CCCC2)c2ncn(C3C=CC(CO)C3)c2n1. The van der Waals surface area contributed by atoms with Crippen molar-refractivity contribution in [1.29, 1.82) is 0 Å². The lowest BCUT2D eigenvalue weighted by Crippen LogP contribution is -2.20. The highest BCUT2D eigenvalue weighted by Gasteiger charge is 2.25. The number of nitrogens with zero attached hydrogens (tertiary/aromatic N) is 5. The maximum atomic E-state index is 9.30. The zero-order valence-electron chi connectivity index (χ0n) is 14.4. The van der Waals surface area contributed by atoms with Gasteiger partial charge in [0.2, 0.25) is 5.95 Å². The lowest BCUT2D eigenvalue weighted by atomic mass is 10.1. The second-order valence-corrected chi connectivity index (χ2v) is 6.05.